The van der Waals surface area contributed by atoms with Gasteiger partial charge in [0.05, 0.1) is 0 Å². The monoisotopic (exact) mass is 624 g/mol. The van der Waals surface area contributed by atoms with Crippen LogP contribution in [0.1, 0.15) is 108 Å². The zero-order chi connectivity index (χ0) is 30.3. The summed E-state index contributed by atoms with van der Waals surface area (Å²) in [7, 11) is 0. The van der Waals surface area contributed by atoms with Gasteiger partial charge in [0, 0.05) is 12.8 Å². The Balaban J connectivity index is 0.00000423. The molecule has 0 saturated heterocycles. The normalized spacial score (nSPS) is 17.3. The Hall–Kier alpha value is -3.42. The van der Waals surface area contributed by atoms with Gasteiger partial charge in [-0.2, -0.15) is 28.5 Å². The number of nitrogens with zero attached hydrogens (tertiary/aromatic N) is 4. The van der Waals surface area contributed by atoms with E-state index in [1.165, 1.54) is 22.3 Å². The van der Waals surface area contributed by atoms with Crippen molar-refractivity contribution in [2.45, 2.75) is 105 Å². The fraction of sp³-hybridized carbons (Fsp3) is 0.471. The standard InChI is InChI=1S/C34H40N4O4.Fe/c1-7-21-17(3)25-13-26-19(5)23(9-11-33(39)40)31(37-26)16-32-24(10-12-34(41)42)20(6)28(38-32)15-30-22(8-2)18(4)27(36-30)14-29(21)35-25;/h14,25H,7-13,15-16H2,1-6H3,(H,39,40)(H,41,42);/q-4;+4/b29-14-;. The maximum Gasteiger partial charge on any atom is 4.00 e. The van der Waals surface area contributed by atoms with Crippen molar-refractivity contribution in [3.63, 3.8) is 0 Å². The maximum absolute atomic E-state index is 11.6. The Kier molecular flexibility index (Phi) is 9.87. The van der Waals surface area contributed by atoms with Crippen molar-refractivity contribution in [3.05, 3.63) is 89.7 Å². The molecule has 5 rings (SSSR count). The molecule has 0 fully saturated rings. The van der Waals surface area contributed by atoms with Gasteiger partial charge in [-0.15, -0.1) is 11.4 Å². The molecule has 5 heterocycles. The van der Waals surface area contributed by atoms with E-state index in [2.05, 4.69) is 33.8 Å². The Morgan fingerprint density at radius 2 is 1.28 bits per heavy atom. The molecule has 0 aromatic carbocycles. The van der Waals surface area contributed by atoms with Gasteiger partial charge < -0.3 is 30.5 Å². The molecular formula is C34H40FeN4O4. The van der Waals surface area contributed by atoms with Gasteiger partial charge in [0.25, 0.3) is 0 Å². The summed E-state index contributed by atoms with van der Waals surface area (Å²) in [6, 6.07) is -0.0368. The average Bonchev–Trinajstić information content (AvgIpc) is 3.59. The number of carboxylic acids is 2. The van der Waals surface area contributed by atoms with Gasteiger partial charge in [-0.25, -0.2) is 0 Å². The molecule has 228 valence electrons. The third-order valence-electron chi connectivity index (χ3n) is 9.24. The molecule has 2 aliphatic rings. The summed E-state index contributed by atoms with van der Waals surface area (Å²) >= 11 is 0. The SMILES string of the molecule is CCC1=C(C)C2Cc3[n-]c(c(CCC(=O)O)c3C)Cc3[n-]c(c(C)c3CCC(=O)O)Cc3[n-]c(c(C)c3CC)/C=C/1[N-]2.[Fe+4]. The molecule has 0 amide bonds. The van der Waals surface area contributed by atoms with E-state index in [9.17, 15) is 19.8 Å². The summed E-state index contributed by atoms with van der Waals surface area (Å²) in [5, 5.41) is 24.1. The number of carboxylic acid groups (broad SMARTS) is 2. The van der Waals surface area contributed by atoms with E-state index >= 15 is 0 Å². The molecule has 2 N–H and O–H groups in total. The predicted octanol–water partition coefficient (Wildman–Crippen LogP) is 5.64. The van der Waals surface area contributed by atoms with Crippen LogP contribution in [0.15, 0.2) is 16.8 Å². The topological polar surface area (TPSA) is 131 Å². The first-order valence-electron chi connectivity index (χ1n) is 15.0. The smallest absolute Gasteiger partial charge is 0.678 e. The molecular weight excluding hydrogens is 584 g/mol. The minimum absolute atomic E-state index is 0. The molecule has 3 aromatic rings. The second kappa shape index (κ2) is 13.1. The van der Waals surface area contributed by atoms with E-state index in [1.807, 2.05) is 13.8 Å². The maximum atomic E-state index is 11.6. The molecule has 9 heteroatoms. The number of rotatable bonds is 8. The Morgan fingerprint density at radius 3 is 1.84 bits per heavy atom. The molecule has 8 bridgehead atoms. The second-order valence-electron chi connectivity index (χ2n) is 11.7. The fourth-order valence-electron chi connectivity index (χ4n) is 6.78. The van der Waals surface area contributed by atoms with Gasteiger partial charge in [-0.1, -0.05) is 76.9 Å². The van der Waals surface area contributed by atoms with Crippen LogP contribution in [0, 0.1) is 20.8 Å². The van der Waals surface area contributed by atoms with Crippen molar-refractivity contribution in [1.29, 1.82) is 0 Å². The van der Waals surface area contributed by atoms with E-state index in [1.54, 1.807) is 0 Å². The largest absolute Gasteiger partial charge is 4.00 e. The fourth-order valence-corrected chi connectivity index (χ4v) is 6.78. The number of allylic oxidation sites excluding steroid dienone is 1. The minimum atomic E-state index is -0.846. The average molecular weight is 625 g/mol. The van der Waals surface area contributed by atoms with Gasteiger partial charge in [-0.05, 0) is 66.2 Å². The van der Waals surface area contributed by atoms with Crippen molar-refractivity contribution in [3.8, 4) is 0 Å². The van der Waals surface area contributed by atoms with Crippen molar-refractivity contribution in [2.75, 3.05) is 0 Å². The molecule has 43 heavy (non-hydrogen) atoms. The zero-order valence-electron chi connectivity index (χ0n) is 25.9. The molecule has 0 radical (unpaired) electrons. The molecule has 8 nitrogen and oxygen atoms in total. The number of fused-ring (bicyclic) bond motifs is 8. The third-order valence-corrected chi connectivity index (χ3v) is 9.24. The molecule has 0 aliphatic carbocycles. The first-order chi connectivity index (χ1) is 20.0. The Morgan fingerprint density at radius 1 is 0.744 bits per heavy atom. The van der Waals surface area contributed by atoms with Crippen LogP contribution in [0.25, 0.3) is 11.4 Å². The first kappa shape index (κ1) is 32.5. The van der Waals surface area contributed by atoms with E-state index < -0.39 is 11.9 Å². The van der Waals surface area contributed by atoms with Crippen LogP contribution >= 0.6 is 0 Å². The van der Waals surface area contributed by atoms with Crippen LogP contribution in [0.4, 0.5) is 0 Å². The third kappa shape index (κ3) is 6.29. The molecule has 3 aromatic heterocycles. The Labute approximate surface area is 264 Å². The molecule has 1 atom stereocenters. The summed E-state index contributed by atoms with van der Waals surface area (Å²) < 4.78 is 0. The van der Waals surface area contributed by atoms with E-state index in [-0.39, 0.29) is 36.0 Å². The molecule has 0 spiro atoms. The van der Waals surface area contributed by atoms with E-state index in [0.717, 1.165) is 75.0 Å². The van der Waals surface area contributed by atoms with Gasteiger partial charge in [0.1, 0.15) is 0 Å². The van der Waals surface area contributed by atoms with E-state index in [0.29, 0.717) is 32.1 Å². The minimum Gasteiger partial charge on any atom is -0.678 e. The van der Waals surface area contributed by atoms with E-state index in [4.69, 9.17) is 20.3 Å². The number of aliphatic carboxylic acids is 2. The first-order valence-corrected chi connectivity index (χ1v) is 15.0. The van der Waals surface area contributed by atoms with Crippen LogP contribution in [-0.2, 0) is 65.2 Å². The second-order valence-corrected chi connectivity index (χ2v) is 11.7. The summed E-state index contributed by atoms with van der Waals surface area (Å²) in [5.41, 5.74) is 15.3. The molecule has 1 unspecified atom stereocenters. The Bertz CT molecular complexity index is 1620. The van der Waals surface area contributed by atoms with Gasteiger partial charge in [-0.3, -0.25) is 9.59 Å². The van der Waals surface area contributed by atoms with Gasteiger partial charge >= 0.3 is 29.0 Å². The quantitative estimate of drug-likeness (QED) is 0.310. The number of carbonyl (C=O) groups is 2. The summed E-state index contributed by atoms with van der Waals surface area (Å²) in [6.07, 6.45) is 6.34. The van der Waals surface area contributed by atoms with Crippen LogP contribution in [0.5, 0.6) is 0 Å². The number of hydrogen-bond donors (Lipinski definition) is 2. The molecule has 2 aliphatic heterocycles. The van der Waals surface area contributed by atoms with Crippen LogP contribution in [0.2, 0.25) is 0 Å². The van der Waals surface area contributed by atoms with Crippen molar-refractivity contribution in [2.24, 2.45) is 0 Å². The van der Waals surface area contributed by atoms with Gasteiger partial charge in [0.2, 0.25) is 0 Å². The summed E-state index contributed by atoms with van der Waals surface area (Å²) in [4.78, 5) is 38.4. The summed E-state index contributed by atoms with van der Waals surface area (Å²) in [5.74, 6) is -1.69. The van der Waals surface area contributed by atoms with Crippen LogP contribution in [0.3, 0.4) is 0 Å². The van der Waals surface area contributed by atoms with Crippen molar-refractivity contribution in [1.82, 2.24) is 15.0 Å². The number of aromatic nitrogens is 3. The van der Waals surface area contributed by atoms with Crippen LogP contribution in [-0.4, -0.2) is 28.2 Å². The zero-order valence-corrected chi connectivity index (χ0v) is 27.0. The van der Waals surface area contributed by atoms with Crippen LogP contribution < -0.4 is 15.0 Å². The van der Waals surface area contributed by atoms with Crippen molar-refractivity contribution < 1.29 is 36.9 Å². The predicted molar refractivity (Wildman–Crippen MR) is 162 cm³/mol. The van der Waals surface area contributed by atoms with Gasteiger partial charge in [0.15, 0.2) is 0 Å². The van der Waals surface area contributed by atoms with Crippen molar-refractivity contribution >= 4 is 18.0 Å². The summed E-state index contributed by atoms with van der Waals surface area (Å²) in [6.45, 7) is 12.7. The number of hydrogen-bond acceptors (Lipinski definition) is 2. The molecule has 0 saturated carbocycles.